The van der Waals surface area contributed by atoms with Crippen molar-refractivity contribution in [2.45, 2.75) is 32.9 Å². The van der Waals surface area contributed by atoms with Crippen molar-refractivity contribution in [3.63, 3.8) is 0 Å². The predicted molar refractivity (Wildman–Crippen MR) is 103 cm³/mol. The first-order chi connectivity index (χ1) is 12.3. The topological polar surface area (TPSA) is 41.1 Å². The van der Waals surface area contributed by atoms with E-state index in [1.165, 1.54) is 42.6 Å². The number of hydrogen-bond donors (Lipinski definition) is 1. The highest BCUT2D eigenvalue weighted by molar-refractivity contribution is 5.89. The van der Waals surface area contributed by atoms with Crippen LogP contribution in [0.25, 0.3) is 10.9 Å². The molecule has 4 rings (SSSR count). The van der Waals surface area contributed by atoms with Crippen molar-refractivity contribution in [1.29, 1.82) is 0 Å². The van der Waals surface area contributed by atoms with Crippen LogP contribution in [-0.4, -0.2) is 28.0 Å². The maximum absolute atomic E-state index is 4.46. The van der Waals surface area contributed by atoms with Gasteiger partial charge in [-0.1, -0.05) is 35.9 Å². The van der Waals surface area contributed by atoms with Gasteiger partial charge in [0.15, 0.2) is 0 Å². The number of fused-ring (bicyclic) bond motifs is 1. The first-order valence-electron chi connectivity index (χ1n) is 9.04. The number of anilines is 1. The van der Waals surface area contributed by atoms with Crippen LogP contribution in [-0.2, 0) is 13.1 Å². The van der Waals surface area contributed by atoms with Crippen LogP contribution in [0.4, 0.5) is 5.82 Å². The van der Waals surface area contributed by atoms with Gasteiger partial charge in [-0.25, -0.2) is 9.97 Å². The Morgan fingerprint density at radius 2 is 1.80 bits per heavy atom. The molecular weight excluding hydrogens is 308 g/mol. The first-order valence-corrected chi connectivity index (χ1v) is 9.04. The fraction of sp³-hybridized carbons (Fsp3) is 0.333. The van der Waals surface area contributed by atoms with Crippen LogP contribution < -0.4 is 5.32 Å². The minimum absolute atomic E-state index is 0.782. The molecule has 3 aromatic rings. The van der Waals surface area contributed by atoms with Crippen molar-refractivity contribution in [2.75, 3.05) is 18.4 Å². The monoisotopic (exact) mass is 332 g/mol. The summed E-state index contributed by atoms with van der Waals surface area (Å²) >= 11 is 0. The van der Waals surface area contributed by atoms with Gasteiger partial charge in [-0.3, -0.25) is 4.90 Å². The molecule has 0 atom stereocenters. The predicted octanol–water partition coefficient (Wildman–Crippen LogP) is 4.15. The third-order valence-corrected chi connectivity index (χ3v) is 4.95. The van der Waals surface area contributed by atoms with Gasteiger partial charge in [0.05, 0.1) is 5.52 Å². The molecule has 0 spiro atoms. The summed E-state index contributed by atoms with van der Waals surface area (Å²) in [6.45, 7) is 6.36. The van der Waals surface area contributed by atoms with E-state index in [1.54, 1.807) is 6.33 Å². The number of aryl methyl sites for hydroxylation is 1. The van der Waals surface area contributed by atoms with Gasteiger partial charge in [0, 0.05) is 18.5 Å². The quantitative estimate of drug-likeness (QED) is 0.762. The van der Waals surface area contributed by atoms with E-state index in [0.717, 1.165) is 29.8 Å². The van der Waals surface area contributed by atoms with E-state index in [-0.39, 0.29) is 0 Å². The van der Waals surface area contributed by atoms with Gasteiger partial charge in [-0.05, 0) is 56.1 Å². The van der Waals surface area contributed by atoms with Crippen LogP contribution in [0.3, 0.4) is 0 Å². The largest absolute Gasteiger partial charge is 0.365 e. The Morgan fingerprint density at radius 3 is 2.64 bits per heavy atom. The highest BCUT2D eigenvalue weighted by Gasteiger charge is 2.13. The van der Waals surface area contributed by atoms with E-state index < -0.39 is 0 Å². The van der Waals surface area contributed by atoms with Gasteiger partial charge in [-0.15, -0.1) is 0 Å². The van der Waals surface area contributed by atoms with Crippen LogP contribution >= 0.6 is 0 Å². The lowest BCUT2D eigenvalue weighted by Gasteiger charge is -2.18. The van der Waals surface area contributed by atoms with Gasteiger partial charge in [-0.2, -0.15) is 0 Å². The third-order valence-electron chi connectivity index (χ3n) is 4.95. The fourth-order valence-corrected chi connectivity index (χ4v) is 3.56. The van der Waals surface area contributed by atoms with Gasteiger partial charge in [0.25, 0.3) is 0 Å². The maximum atomic E-state index is 4.46. The molecule has 128 valence electrons. The summed E-state index contributed by atoms with van der Waals surface area (Å²) in [5, 5.41) is 4.61. The van der Waals surface area contributed by atoms with Crippen molar-refractivity contribution in [3.05, 3.63) is 65.5 Å². The molecule has 4 heteroatoms. The van der Waals surface area contributed by atoms with Gasteiger partial charge < -0.3 is 5.32 Å². The molecule has 2 aromatic carbocycles. The smallest absolute Gasteiger partial charge is 0.137 e. The zero-order valence-electron chi connectivity index (χ0n) is 14.7. The molecule has 1 aliphatic rings. The Hall–Kier alpha value is -2.46. The molecule has 0 saturated carbocycles. The summed E-state index contributed by atoms with van der Waals surface area (Å²) in [5.74, 6) is 0.907. The van der Waals surface area contributed by atoms with E-state index in [4.69, 9.17) is 0 Å². The van der Waals surface area contributed by atoms with E-state index in [1.807, 2.05) is 0 Å². The van der Waals surface area contributed by atoms with Gasteiger partial charge >= 0.3 is 0 Å². The molecule has 0 bridgehead atoms. The Labute approximate surface area is 148 Å². The molecule has 1 aromatic heterocycles. The number of hydrogen-bond acceptors (Lipinski definition) is 4. The van der Waals surface area contributed by atoms with E-state index in [2.05, 4.69) is 69.6 Å². The zero-order chi connectivity index (χ0) is 17.1. The fourth-order valence-electron chi connectivity index (χ4n) is 3.56. The second-order valence-corrected chi connectivity index (χ2v) is 6.85. The molecule has 1 fully saturated rings. The summed E-state index contributed by atoms with van der Waals surface area (Å²) in [6.07, 6.45) is 4.29. The molecule has 2 heterocycles. The lowest BCUT2D eigenvalue weighted by molar-refractivity contribution is 0.330. The van der Waals surface area contributed by atoms with E-state index in [0.29, 0.717) is 0 Å². The molecule has 0 radical (unpaired) electrons. The van der Waals surface area contributed by atoms with Crippen molar-refractivity contribution in [1.82, 2.24) is 14.9 Å². The van der Waals surface area contributed by atoms with Crippen LogP contribution in [0, 0.1) is 6.92 Å². The third kappa shape index (κ3) is 3.64. The Balaban J connectivity index is 1.55. The van der Waals surface area contributed by atoms with Crippen LogP contribution in [0.2, 0.25) is 0 Å². The SMILES string of the molecule is Cc1ccc2ncnc(NCc3ccccc3CN3CCCC3)c2c1. The maximum Gasteiger partial charge on any atom is 0.137 e. The average Bonchev–Trinajstić information content (AvgIpc) is 3.14. The average molecular weight is 332 g/mol. The van der Waals surface area contributed by atoms with Gasteiger partial charge in [0.1, 0.15) is 12.1 Å². The second-order valence-electron chi connectivity index (χ2n) is 6.85. The summed E-state index contributed by atoms with van der Waals surface area (Å²) in [5.41, 5.74) is 4.95. The Morgan fingerprint density at radius 1 is 1.00 bits per heavy atom. The highest BCUT2D eigenvalue weighted by Crippen LogP contribution is 2.22. The molecule has 25 heavy (non-hydrogen) atoms. The molecule has 1 N–H and O–H groups in total. The van der Waals surface area contributed by atoms with Crippen molar-refractivity contribution in [2.24, 2.45) is 0 Å². The molecule has 0 unspecified atom stereocenters. The number of benzene rings is 2. The standard InChI is InChI=1S/C21H24N4/c1-16-8-9-20-19(12-16)21(24-15-23-20)22-13-17-6-2-3-7-18(17)14-25-10-4-5-11-25/h2-3,6-9,12,15H,4-5,10-11,13-14H2,1H3,(H,22,23,24). The van der Waals surface area contributed by atoms with Crippen LogP contribution in [0.5, 0.6) is 0 Å². The minimum Gasteiger partial charge on any atom is -0.365 e. The van der Waals surface area contributed by atoms with Crippen molar-refractivity contribution < 1.29 is 0 Å². The number of nitrogens with zero attached hydrogens (tertiary/aromatic N) is 3. The lowest BCUT2D eigenvalue weighted by Crippen LogP contribution is -2.19. The molecule has 1 aliphatic heterocycles. The van der Waals surface area contributed by atoms with Crippen molar-refractivity contribution in [3.8, 4) is 0 Å². The number of aromatic nitrogens is 2. The summed E-state index contributed by atoms with van der Waals surface area (Å²) in [7, 11) is 0. The molecule has 4 nitrogen and oxygen atoms in total. The summed E-state index contributed by atoms with van der Waals surface area (Å²) in [6, 6.07) is 15.0. The minimum atomic E-state index is 0.782. The summed E-state index contributed by atoms with van der Waals surface area (Å²) in [4.78, 5) is 11.4. The van der Waals surface area contributed by atoms with Crippen molar-refractivity contribution >= 4 is 16.7 Å². The number of likely N-dealkylation sites (tertiary alicyclic amines) is 1. The van der Waals surface area contributed by atoms with E-state index in [9.17, 15) is 0 Å². The van der Waals surface area contributed by atoms with Gasteiger partial charge in [0.2, 0.25) is 0 Å². The summed E-state index contributed by atoms with van der Waals surface area (Å²) < 4.78 is 0. The molecular formula is C21H24N4. The second kappa shape index (κ2) is 7.19. The normalized spacial score (nSPS) is 14.9. The Kier molecular flexibility index (Phi) is 4.61. The molecule has 0 aliphatic carbocycles. The van der Waals surface area contributed by atoms with E-state index >= 15 is 0 Å². The number of nitrogens with one attached hydrogen (secondary N) is 1. The zero-order valence-corrected chi connectivity index (χ0v) is 14.7. The van der Waals surface area contributed by atoms with Crippen LogP contribution in [0.1, 0.15) is 29.5 Å². The number of rotatable bonds is 5. The molecule has 1 saturated heterocycles. The van der Waals surface area contributed by atoms with Crippen LogP contribution in [0.15, 0.2) is 48.8 Å². The first kappa shape index (κ1) is 16.0. The highest BCUT2D eigenvalue weighted by atomic mass is 15.1. The molecule has 0 amide bonds. The lowest BCUT2D eigenvalue weighted by atomic mass is 10.1. The Bertz CT molecular complexity index is 869.